The lowest BCUT2D eigenvalue weighted by Gasteiger charge is -2.24. The highest BCUT2D eigenvalue weighted by molar-refractivity contribution is 5.67. The van der Waals surface area contributed by atoms with E-state index in [9.17, 15) is 19.5 Å². The summed E-state index contributed by atoms with van der Waals surface area (Å²) >= 11 is 0. The molecule has 0 bridgehead atoms. The van der Waals surface area contributed by atoms with Gasteiger partial charge in [0, 0.05) is 17.7 Å². The fourth-order valence-electron chi connectivity index (χ4n) is 3.53. The fraction of sp³-hybridized carbons (Fsp3) is 0.450. The van der Waals surface area contributed by atoms with E-state index in [1.165, 1.54) is 10.8 Å². The van der Waals surface area contributed by atoms with Gasteiger partial charge in [0.15, 0.2) is 0 Å². The van der Waals surface area contributed by atoms with Crippen LogP contribution in [0.3, 0.4) is 0 Å². The van der Waals surface area contributed by atoms with Crippen molar-refractivity contribution in [3.8, 4) is 0 Å². The second kappa shape index (κ2) is 8.53. The van der Waals surface area contributed by atoms with Crippen LogP contribution in [0.25, 0.3) is 0 Å². The molecule has 1 aliphatic heterocycles. The van der Waals surface area contributed by atoms with E-state index >= 15 is 0 Å². The second-order valence-corrected chi connectivity index (χ2v) is 7.13. The lowest BCUT2D eigenvalue weighted by atomic mass is 9.94. The van der Waals surface area contributed by atoms with E-state index in [4.69, 9.17) is 9.47 Å². The predicted octanol–water partition coefficient (Wildman–Crippen LogP) is 1.83. The van der Waals surface area contributed by atoms with Gasteiger partial charge in [-0.1, -0.05) is 30.3 Å². The quantitative estimate of drug-likeness (QED) is 0.749. The first-order valence-corrected chi connectivity index (χ1v) is 9.20. The largest absolute Gasteiger partial charge is 0.481 e. The van der Waals surface area contributed by atoms with E-state index in [1.807, 2.05) is 37.3 Å². The van der Waals surface area contributed by atoms with Crippen molar-refractivity contribution < 1.29 is 19.4 Å². The molecule has 28 heavy (non-hydrogen) atoms. The molecule has 2 heterocycles. The number of hydrogen-bond acceptors (Lipinski definition) is 5. The summed E-state index contributed by atoms with van der Waals surface area (Å²) in [5, 5.41) is 9.26. The van der Waals surface area contributed by atoms with Gasteiger partial charge in [-0.3, -0.25) is 19.1 Å². The second-order valence-electron chi connectivity index (χ2n) is 7.13. The smallest absolute Gasteiger partial charge is 0.330 e. The number of aromatic amines is 1. The molecule has 2 aromatic rings. The Morgan fingerprint density at radius 3 is 2.75 bits per heavy atom. The van der Waals surface area contributed by atoms with Crippen LogP contribution in [0, 0.1) is 12.8 Å². The van der Waals surface area contributed by atoms with E-state index in [0.29, 0.717) is 18.6 Å². The Kier molecular flexibility index (Phi) is 6.11. The number of rotatable bonds is 7. The van der Waals surface area contributed by atoms with Gasteiger partial charge in [-0.2, -0.15) is 0 Å². The molecular formula is C20H24N2O6. The topological polar surface area (TPSA) is 111 Å². The van der Waals surface area contributed by atoms with Crippen LogP contribution in [0.1, 0.15) is 37.1 Å². The zero-order valence-electron chi connectivity index (χ0n) is 15.8. The maximum absolute atomic E-state index is 12.2. The van der Waals surface area contributed by atoms with E-state index in [1.54, 1.807) is 6.92 Å². The van der Waals surface area contributed by atoms with Crippen LogP contribution in [-0.2, 0) is 20.9 Å². The van der Waals surface area contributed by atoms with E-state index in [-0.39, 0.29) is 18.4 Å². The summed E-state index contributed by atoms with van der Waals surface area (Å²) in [5.74, 6) is -1.24. The van der Waals surface area contributed by atoms with Gasteiger partial charge in [0.25, 0.3) is 5.56 Å². The monoisotopic (exact) mass is 388 g/mol. The molecule has 0 spiro atoms. The standard InChI is InChI=1S/C20H24N2O6/c1-12-10-22(20(26)21-19(12)25)16-8-15(9-17(23)24)18(28-16)13(2)27-11-14-6-4-3-5-7-14/h3-7,10,13,15-16,18H,8-9,11H2,1-2H3,(H,23,24)(H,21,25,26)/t13-,15+,16+,18+/m0/s1. The molecular weight excluding hydrogens is 364 g/mol. The van der Waals surface area contributed by atoms with Crippen molar-refractivity contribution in [3.05, 3.63) is 68.5 Å². The third-order valence-corrected chi connectivity index (χ3v) is 4.99. The number of benzene rings is 1. The van der Waals surface area contributed by atoms with Crippen molar-refractivity contribution >= 4 is 5.97 Å². The van der Waals surface area contributed by atoms with Crippen LogP contribution in [0.15, 0.2) is 46.1 Å². The summed E-state index contributed by atoms with van der Waals surface area (Å²) in [4.78, 5) is 37.3. The van der Waals surface area contributed by atoms with Gasteiger partial charge in [0.05, 0.1) is 25.2 Å². The summed E-state index contributed by atoms with van der Waals surface area (Å²) in [6.45, 7) is 3.82. The third-order valence-electron chi connectivity index (χ3n) is 4.99. The third kappa shape index (κ3) is 4.58. The first-order chi connectivity index (χ1) is 13.3. The van der Waals surface area contributed by atoms with Crippen molar-refractivity contribution in [2.45, 2.75) is 51.7 Å². The molecule has 2 N–H and O–H groups in total. The van der Waals surface area contributed by atoms with Crippen LogP contribution >= 0.6 is 0 Å². The van der Waals surface area contributed by atoms with Crippen LogP contribution < -0.4 is 11.2 Å². The van der Waals surface area contributed by atoms with Crippen molar-refractivity contribution in [1.82, 2.24) is 9.55 Å². The minimum atomic E-state index is -0.931. The average Bonchev–Trinajstić information content (AvgIpc) is 3.06. The predicted molar refractivity (Wildman–Crippen MR) is 101 cm³/mol. The maximum atomic E-state index is 12.2. The molecule has 1 saturated heterocycles. The van der Waals surface area contributed by atoms with E-state index < -0.39 is 29.6 Å². The molecule has 1 aromatic heterocycles. The van der Waals surface area contributed by atoms with Crippen molar-refractivity contribution in [1.29, 1.82) is 0 Å². The summed E-state index contributed by atoms with van der Waals surface area (Å²) in [6, 6.07) is 9.66. The summed E-state index contributed by atoms with van der Waals surface area (Å²) < 4.78 is 13.3. The SMILES string of the molecule is Cc1cn([C@H]2C[C@H](CC(=O)O)[C@@H]([C@H](C)OCc3ccccc3)O2)c(=O)[nH]c1=O. The minimum absolute atomic E-state index is 0.0860. The number of ether oxygens (including phenoxy) is 2. The highest BCUT2D eigenvalue weighted by Crippen LogP contribution is 2.37. The van der Waals surface area contributed by atoms with Crippen LogP contribution in [0.2, 0.25) is 0 Å². The van der Waals surface area contributed by atoms with Gasteiger partial charge in [-0.05, 0) is 25.8 Å². The summed E-state index contributed by atoms with van der Waals surface area (Å²) in [6.07, 6.45) is 0.207. The molecule has 150 valence electrons. The Balaban J connectivity index is 1.77. The maximum Gasteiger partial charge on any atom is 0.330 e. The molecule has 8 nitrogen and oxygen atoms in total. The lowest BCUT2D eigenvalue weighted by molar-refractivity contribution is -0.140. The minimum Gasteiger partial charge on any atom is -0.481 e. The molecule has 0 saturated carbocycles. The zero-order chi connectivity index (χ0) is 20.3. The number of aromatic nitrogens is 2. The van der Waals surface area contributed by atoms with Crippen molar-refractivity contribution in [3.63, 3.8) is 0 Å². The number of H-pyrrole nitrogens is 1. The summed E-state index contributed by atoms with van der Waals surface area (Å²) in [5.41, 5.74) is 0.367. The number of aliphatic carboxylic acids is 1. The number of carboxylic acids is 1. The van der Waals surface area contributed by atoms with Gasteiger partial charge in [0.2, 0.25) is 0 Å². The highest BCUT2D eigenvalue weighted by Gasteiger charge is 2.41. The average molecular weight is 388 g/mol. The molecule has 0 amide bonds. The lowest BCUT2D eigenvalue weighted by Crippen LogP contribution is -2.35. The van der Waals surface area contributed by atoms with Gasteiger partial charge in [-0.25, -0.2) is 4.79 Å². The normalized spacial score (nSPS) is 22.9. The van der Waals surface area contributed by atoms with Gasteiger partial charge in [0.1, 0.15) is 6.23 Å². The summed E-state index contributed by atoms with van der Waals surface area (Å²) in [7, 11) is 0. The van der Waals surface area contributed by atoms with Crippen molar-refractivity contribution in [2.24, 2.45) is 5.92 Å². The Labute approximate surface area is 161 Å². The van der Waals surface area contributed by atoms with Gasteiger partial charge in [-0.15, -0.1) is 0 Å². The number of nitrogens with zero attached hydrogens (tertiary/aromatic N) is 1. The van der Waals surface area contributed by atoms with Crippen molar-refractivity contribution in [2.75, 3.05) is 0 Å². The molecule has 1 aromatic carbocycles. The molecule has 1 aliphatic rings. The van der Waals surface area contributed by atoms with E-state index in [2.05, 4.69) is 4.98 Å². The van der Waals surface area contributed by atoms with Crippen LogP contribution in [0.4, 0.5) is 0 Å². The molecule has 8 heteroatoms. The van der Waals surface area contributed by atoms with E-state index in [0.717, 1.165) is 5.56 Å². The first-order valence-electron chi connectivity index (χ1n) is 9.20. The van der Waals surface area contributed by atoms with Crippen LogP contribution in [-0.4, -0.2) is 32.8 Å². The van der Waals surface area contributed by atoms with Crippen LogP contribution in [0.5, 0.6) is 0 Å². The molecule has 0 radical (unpaired) electrons. The molecule has 1 fully saturated rings. The van der Waals surface area contributed by atoms with Gasteiger partial charge >= 0.3 is 11.7 Å². The Morgan fingerprint density at radius 1 is 1.36 bits per heavy atom. The molecule has 4 atom stereocenters. The first kappa shape index (κ1) is 20.0. The Bertz CT molecular complexity index is 936. The fourth-order valence-corrected chi connectivity index (χ4v) is 3.53. The molecule has 0 unspecified atom stereocenters. The van der Waals surface area contributed by atoms with Gasteiger partial charge < -0.3 is 14.6 Å². The molecule has 0 aliphatic carbocycles. The number of hydrogen-bond donors (Lipinski definition) is 2. The highest BCUT2D eigenvalue weighted by atomic mass is 16.6. The Morgan fingerprint density at radius 2 is 2.07 bits per heavy atom. The zero-order valence-corrected chi connectivity index (χ0v) is 15.8. The number of aryl methyl sites for hydroxylation is 1. The molecule has 3 rings (SSSR count). The number of carbonyl (C=O) groups is 1. The number of carboxylic acid groups (broad SMARTS) is 1. The number of nitrogens with one attached hydrogen (secondary N) is 1. The Hall–Kier alpha value is -2.71.